The quantitative estimate of drug-likeness (QED) is 0.647. The number of aromatic hydroxyl groups is 1. The monoisotopic (exact) mass is 314 g/mol. The second-order valence-electron chi connectivity index (χ2n) is 5.88. The Hall–Kier alpha value is -2.63. The van der Waals surface area contributed by atoms with Gasteiger partial charge in [0.15, 0.2) is 0 Å². The van der Waals surface area contributed by atoms with Gasteiger partial charge in [-0.2, -0.15) is 0 Å². The maximum atomic E-state index is 12.6. The summed E-state index contributed by atoms with van der Waals surface area (Å²) >= 11 is 0. The Labute approximate surface area is 133 Å². The van der Waals surface area contributed by atoms with Crippen LogP contribution in [0.3, 0.4) is 0 Å². The average molecular weight is 314 g/mol. The fourth-order valence-electron chi connectivity index (χ4n) is 3.08. The normalized spacial score (nSPS) is 21.7. The Bertz CT molecular complexity index is 672. The van der Waals surface area contributed by atoms with Crippen LogP contribution in [0.15, 0.2) is 29.8 Å². The lowest BCUT2D eigenvalue weighted by Gasteiger charge is -2.35. The molecule has 0 bridgehead atoms. The van der Waals surface area contributed by atoms with E-state index in [1.807, 2.05) is 0 Å². The molecule has 1 aliphatic carbocycles. The van der Waals surface area contributed by atoms with Gasteiger partial charge in [-0.1, -0.05) is 31.4 Å². The zero-order chi connectivity index (χ0) is 16.4. The van der Waals surface area contributed by atoms with Gasteiger partial charge in [-0.15, -0.1) is 0 Å². The van der Waals surface area contributed by atoms with Gasteiger partial charge in [0.1, 0.15) is 11.3 Å². The Morgan fingerprint density at radius 1 is 1.04 bits per heavy atom. The van der Waals surface area contributed by atoms with E-state index in [2.05, 4.69) is 5.32 Å². The van der Waals surface area contributed by atoms with E-state index in [-0.39, 0.29) is 17.4 Å². The van der Waals surface area contributed by atoms with Crippen molar-refractivity contribution in [1.29, 1.82) is 0 Å². The van der Waals surface area contributed by atoms with Crippen LogP contribution < -0.4 is 5.32 Å². The molecule has 0 spiro atoms. The molecule has 1 aromatic carbocycles. The van der Waals surface area contributed by atoms with E-state index >= 15 is 0 Å². The molecule has 1 saturated carbocycles. The minimum absolute atomic E-state index is 0.0548. The molecular weight excluding hydrogens is 296 g/mol. The van der Waals surface area contributed by atoms with E-state index in [0.717, 1.165) is 32.1 Å². The lowest BCUT2D eigenvalue weighted by atomic mass is 9.93. The molecule has 0 aromatic heterocycles. The van der Waals surface area contributed by atoms with Crippen LogP contribution in [0.5, 0.6) is 5.75 Å². The third-order valence-corrected chi connectivity index (χ3v) is 4.28. The molecule has 1 saturated heterocycles. The Kier molecular flexibility index (Phi) is 4.14. The minimum Gasteiger partial charge on any atom is -0.508 e. The van der Waals surface area contributed by atoms with Gasteiger partial charge in [0.05, 0.1) is 0 Å². The van der Waals surface area contributed by atoms with E-state index in [1.165, 1.54) is 23.1 Å². The third-order valence-electron chi connectivity index (χ3n) is 4.28. The van der Waals surface area contributed by atoms with Gasteiger partial charge in [0.25, 0.3) is 11.8 Å². The van der Waals surface area contributed by atoms with Crippen LogP contribution in [-0.2, 0) is 9.59 Å². The topological polar surface area (TPSA) is 86.7 Å². The molecule has 0 unspecified atom stereocenters. The van der Waals surface area contributed by atoms with Crippen LogP contribution in [-0.4, -0.2) is 33.9 Å². The van der Waals surface area contributed by atoms with Crippen molar-refractivity contribution < 1.29 is 19.5 Å². The van der Waals surface area contributed by atoms with Gasteiger partial charge in [0.2, 0.25) is 0 Å². The summed E-state index contributed by atoms with van der Waals surface area (Å²) in [5.74, 6) is -1.12. The highest BCUT2D eigenvalue weighted by Gasteiger charge is 2.40. The van der Waals surface area contributed by atoms with Gasteiger partial charge in [0, 0.05) is 6.04 Å². The van der Waals surface area contributed by atoms with E-state index < -0.39 is 17.8 Å². The zero-order valence-corrected chi connectivity index (χ0v) is 12.6. The molecule has 0 radical (unpaired) electrons. The number of amides is 4. The van der Waals surface area contributed by atoms with Crippen LogP contribution in [0.4, 0.5) is 4.79 Å². The number of urea groups is 1. The van der Waals surface area contributed by atoms with Gasteiger partial charge >= 0.3 is 6.03 Å². The molecule has 6 heteroatoms. The summed E-state index contributed by atoms with van der Waals surface area (Å²) in [6.07, 6.45) is 6.06. The lowest BCUT2D eigenvalue weighted by molar-refractivity contribution is -0.132. The first-order valence-electron chi connectivity index (χ1n) is 7.76. The standard InChI is InChI=1S/C17H18N2O4/c20-13-8-6-11(7-9-13)10-14-15(21)18-17(23)19(16(14)22)12-4-2-1-3-5-12/h6-10,12,20H,1-5H2,(H,18,21,23)/b14-10+. The van der Waals surface area contributed by atoms with E-state index in [9.17, 15) is 19.5 Å². The molecule has 1 aromatic rings. The number of phenols is 1. The Morgan fingerprint density at radius 2 is 1.70 bits per heavy atom. The fourth-order valence-corrected chi connectivity index (χ4v) is 3.08. The molecule has 3 rings (SSSR count). The van der Waals surface area contributed by atoms with Crippen molar-refractivity contribution in [2.75, 3.05) is 0 Å². The summed E-state index contributed by atoms with van der Waals surface area (Å²) in [7, 11) is 0. The Morgan fingerprint density at radius 3 is 2.35 bits per heavy atom. The molecule has 23 heavy (non-hydrogen) atoms. The summed E-state index contributed by atoms with van der Waals surface area (Å²) < 4.78 is 0. The molecule has 0 atom stereocenters. The fraction of sp³-hybridized carbons (Fsp3) is 0.353. The molecule has 1 heterocycles. The SMILES string of the molecule is O=C1NC(=O)N(C2CCCCC2)C(=O)/C1=C/c1ccc(O)cc1. The number of rotatable bonds is 2. The predicted molar refractivity (Wildman–Crippen MR) is 83.3 cm³/mol. The molecule has 120 valence electrons. The van der Waals surface area contributed by atoms with Crippen molar-refractivity contribution in [2.45, 2.75) is 38.1 Å². The van der Waals surface area contributed by atoms with Crippen LogP contribution in [0, 0.1) is 0 Å². The number of hydrogen-bond donors (Lipinski definition) is 2. The largest absolute Gasteiger partial charge is 0.508 e. The van der Waals surface area contributed by atoms with Crippen LogP contribution in [0.1, 0.15) is 37.7 Å². The summed E-state index contributed by atoms with van der Waals surface area (Å²) in [6.45, 7) is 0. The second-order valence-corrected chi connectivity index (χ2v) is 5.88. The van der Waals surface area contributed by atoms with Crippen LogP contribution in [0.25, 0.3) is 6.08 Å². The minimum atomic E-state index is -0.680. The molecule has 1 aliphatic heterocycles. The highest BCUT2D eigenvalue weighted by molar-refractivity contribution is 6.31. The predicted octanol–water partition coefficient (Wildman–Crippen LogP) is 2.19. The second kappa shape index (κ2) is 6.24. The van der Waals surface area contributed by atoms with Crippen LogP contribution >= 0.6 is 0 Å². The number of nitrogens with one attached hydrogen (secondary N) is 1. The van der Waals surface area contributed by atoms with Crippen molar-refractivity contribution in [3.8, 4) is 5.75 Å². The zero-order valence-electron chi connectivity index (χ0n) is 12.6. The van der Waals surface area contributed by atoms with Gasteiger partial charge in [-0.25, -0.2) is 4.79 Å². The van der Waals surface area contributed by atoms with Gasteiger partial charge in [-0.3, -0.25) is 19.8 Å². The number of phenolic OH excluding ortho intramolecular Hbond substituents is 1. The number of nitrogens with zero attached hydrogens (tertiary/aromatic N) is 1. The first-order chi connectivity index (χ1) is 11.1. The summed E-state index contributed by atoms with van der Waals surface area (Å²) in [6, 6.07) is 5.38. The first-order valence-corrected chi connectivity index (χ1v) is 7.76. The highest BCUT2D eigenvalue weighted by Crippen LogP contribution is 2.26. The number of benzene rings is 1. The average Bonchev–Trinajstić information content (AvgIpc) is 2.54. The number of carbonyl (C=O) groups is 3. The van der Waals surface area contributed by atoms with Gasteiger partial charge < -0.3 is 5.11 Å². The number of imide groups is 2. The molecule has 4 amide bonds. The first kappa shape index (κ1) is 15.3. The summed E-state index contributed by atoms with van der Waals surface area (Å²) in [5.41, 5.74) is 0.556. The molecule has 2 fully saturated rings. The van der Waals surface area contributed by atoms with E-state index in [0.29, 0.717) is 5.56 Å². The van der Waals surface area contributed by atoms with Crippen molar-refractivity contribution in [1.82, 2.24) is 10.2 Å². The van der Waals surface area contributed by atoms with Crippen molar-refractivity contribution >= 4 is 23.9 Å². The lowest BCUT2D eigenvalue weighted by Crippen LogP contribution is -2.58. The molecule has 2 N–H and O–H groups in total. The molecule has 6 nitrogen and oxygen atoms in total. The maximum absolute atomic E-state index is 12.6. The maximum Gasteiger partial charge on any atom is 0.331 e. The third kappa shape index (κ3) is 3.11. The Balaban J connectivity index is 1.90. The number of carbonyl (C=O) groups excluding carboxylic acids is 3. The van der Waals surface area contributed by atoms with E-state index in [4.69, 9.17) is 0 Å². The number of barbiturate groups is 1. The molecule has 2 aliphatic rings. The molecular formula is C17H18N2O4. The van der Waals surface area contributed by atoms with Crippen molar-refractivity contribution in [3.05, 3.63) is 35.4 Å². The van der Waals surface area contributed by atoms with Crippen molar-refractivity contribution in [3.63, 3.8) is 0 Å². The summed E-state index contributed by atoms with van der Waals surface area (Å²) in [4.78, 5) is 37.9. The smallest absolute Gasteiger partial charge is 0.331 e. The number of hydrogen-bond acceptors (Lipinski definition) is 4. The highest BCUT2D eigenvalue weighted by atomic mass is 16.3. The van der Waals surface area contributed by atoms with Gasteiger partial charge in [-0.05, 0) is 36.6 Å². The van der Waals surface area contributed by atoms with Crippen LogP contribution in [0.2, 0.25) is 0 Å². The summed E-state index contributed by atoms with van der Waals surface area (Å²) in [5, 5.41) is 11.5. The van der Waals surface area contributed by atoms with Crippen molar-refractivity contribution in [2.24, 2.45) is 0 Å². The van der Waals surface area contributed by atoms with E-state index in [1.54, 1.807) is 12.1 Å².